The van der Waals surface area contributed by atoms with Crippen molar-refractivity contribution in [1.29, 1.82) is 5.26 Å². The zero-order chi connectivity index (χ0) is 75.9. The predicted molar refractivity (Wildman–Crippen MR) is 376 cm³/mol. The topological polar surface area (TPSA) is 533 Å². The van der Waals surface area contributed by atoms with Crippen LogP contribution in [0.25, 0.3) is 16.4 Å². The molecule has 17 N–H and O–H groups in total. The van der Waals surface area contributed by atoms with Crippen molar-refractivity contribution in [2.24, 2.45) is 100 Å². The van der Waals surface area contributed by atoms with E-state index in [4.69, 9.17) is 90.8 Å². The Morgan fingerprint density at radius 3 is 1.98 bits per heavy atom. The number of phosphoric ester groups is 1. The van der Waals surface area contributed by atoms with Crippen LogP contribution >= 0.6 is 7.82 Å². The number of nitrogens with zero attached hydrogens (tertiary/aromatic N) is 7. The molecule has 2 saturated heterocycles. The van der Waals surface area contributed by atoms with E-state index < -0.39 is 156 Å². The molecule has 1 aromatic heterocycles. The Bertz CT molecular complexity index is 3870. The third-order valence-electron chi connectivity index (χ3n) is 22.1. The molecule has 0 aliphatic carbocycles. The van der Waals surface area contributed by atoms with Crippen molar-refractivity contribution in [2.45, 2.75) is 215 Å². The number of carbonyl (C=O) groups excluding carboxylic acids is 8. The summed E-state index contributed by atoms with van der Waals surface area (Å²) in [5.74, 6) is -7.53. The first kappa shape index (κ1) is 84.2. The molecule has 8 bridgehead atoms. The van der Waals surface area contributed by atoms with Crippen LogP contribution in [0.5, 0.6) is 0 Å². The van der Waals surface area contributed by atoms with Crippen LogP contribution in [-0.4, -0.2) is 141 Å². The van der Waals surface area contributed by atoms with Gasteiger partial charge in [-0.1, -0.05) is 59.9 Å². The third kappa shape index (κ3) is 18.2. The van der Waals surface area contributed by atoms with Crippen LogP contribution in [0.3, 0.4) is 0 Å². The first-order valence-electron chi connectivity index (χ1n) is 34.6. The maximum Gasteiger partial charge on any atom is 3.00 e. The number of unbranched alkanes of at least 4 members (excludes halogenated alkanes) is 3. The van der Waals surface area contributed by atoms with Gasteiger partial charge in [-0.15, -0.1) is 0 Å². The maximum absolute atomic E-state index is 14.5. The van der Waals surface area contributed by atoms with Gasteiger partial charge in [0.1, 0.15) is 24.9 Å². The van der Waals surface area contributed by atoms with Gasteiger partial charge in [0.15, 0.2) is 6.23 Å². The average molecular weight is 1500 g/mol. The van der Waals surface area contributed by atoms with Crippen LogP contribution in [-0.2, 0) is 73.4 Å². The Labute approximate surface area is 611 Å². The number of phosphoric acid groups is 1. The van der Waals surface area contributed by atoms with E-state index in [2.05, 4.69) is 15.6 Å². The van der Waals surface area contributed by atoms with Gasteiger partial charge >= 0.3 is 22.9 Å². The Morgan fingerprint density at radius 1 is 0.777 bits per heavy atom. The van der Waals surface area contributed by atoms with Gasteiger partial charge in [0.25, 0.3) is 7.82 Å². The normalized spacial score (nSPS) is 31.0. The molecule has 6 aliphatic rings. The summed E-state index contributed by atoms with van der Waals surface area (Å²) in [6, 6.07) is 2.63. The molecule has 8 rings (SSSR count). The van der Waals surface area contributed by atoms with E-state index in [1.54, 1.807) is 13.8 Å². The molecular formula is C70H102CoN16O15P. The summed E-state index contributed by atoms with van der Waals surface area (Å²) >= 11 is 0. The number of aryl methyl sites for hydroxylation is 2. The molecule has 2 aromatic rings. The minimum atomic E-state index is -5.44. The van der Waals surface area contributed by atoms with E-state index in [0.717, 1.165) is 30.4 Å². The first-order chi connectivity index (χ1) is 47.7. The number of amides is 8. The number of allylic oxidation sites excluding steroid dienone is 6. The van der Waals surface area contributed by atoms with Crippen molar-refractivity contribution in [1.82, 2.24) is 20.2 Å². The fourth-order valence-corrected chi connectivity index (χ4v) is 17.5. The molecule has 15 atom stereocenters. The number of alkyl carbamates (subject to hydrolysis) is 1. The number of carbonyl (C=O) groups is 8. The molecule has 33 heteroatoms. The summed E-state index contributed by atoms with van der Waals surface area (Å²) in [5.41, 5.74) is 42.2. The summed E-state index contributed by atoms with van der Waals surface area (Å²) < 4.78 is 38.4. The predicted octanol–water partition coefficient (Wildman–Crippen LogP) is 4.66. The van der Waals surface area contributed by atoms with Crippen molar-refractivity contribution in [2.75, 3.05) is 26.2 Å². The molecule has 31 nitrogen and oxygen atoms in total. The number of rotatable bonds is 33. The van der Waals surface area contributed by atoms with Crippen molar-refractivity contribution >= 4 is 83.4 Å². The number of fused-ring (bicyclic) bond motifs is 7. The number of nitrogens with one attached hydrogen (secondary N) is 2. The smallest absolute Gasteiger partial charge is 0.756 e. The van der Waals surface area contributed by atoms with Gasteiger partial charge in [-0.05, 0) is 137 Å². The maximum atomic E-state index is 14.5. The van der Waals surface area contributed by atoms with Crippen LogP contribution in [0.1, 0.15) is 176 Å². The fourth-order valence-electron chi connectivity index (χ4n) is 16.3. The average Bonchev–Trinajstić information content (AvgIpc) is 1.53. The van der Waals surface area contributed by atoms with E-state index in [1.165, 1.54) is 17.8 Å². The third-order valence-corrected chi connectivity index (χ3v) is 23.2. The molecule has 1 aromatic carbocycles. The van der Waals surface area contributed by atoms with Gasteiger partial charge in [-0.2, -0.15) is 5.70 Å². The van der Waals surface area contributed by atoms with Crippen molar-refractivity contribution < 1.29 is 88.2 Å². The van der Waals surface area contributed by atoms with Gasteiger partial charge in [-0.25, -0.2) is 9.78 Å². The number of primary amides is 6. The zero-order valence-corrected chi connectivity index (χ0v) is 62.6. The number of hydrogen-bond donors (Lipinski definition) is 10. The minimum absolute atomic E-state index is 0. The van der Waals surface area contributed by atoms with Crippen molar-refractivity contribution in [3.8, 4) is 0 Å². The summed E-state index contributed by atoms with van der Waals surface area (Å²) in [6.45, 7) is 24.7. The molecule has 8 amide bonds. The first-order valence-corrected chi connectivity index (χ1v) is 36.1. The van der Waals surface area contributed by atoms with E-state index in [9.17, 15) is 52.9 Å². The van der Waals surface area contributed by atoms with Crippen LogP contribution in [0.4, 0.5) is 4.79 Å². The van der Waals surface area contributed by atoms with E-state index in [1.807, 2.05) is 73.6 Å². The second-order valence-electron chi connectivity index (χ2n) is 29.5. The summed E-state index contributed by atoms with van der Waals surface area (Å²) in [7, 11) is -5.44. The van der Waals surface area contributed by atoms with E-state index >= 15 is 0 Å². The molecule has 103 heavy (non-hydrogen) atoms. The summed E-state index contributed by atoms with van der Waals surface area (Å²) in [5, 5.41) is 29.2. The van der Waals surface area contributed by atoms with Gasteiger partial charge in [0.2, 0.25) is 41.4 Å². The number of aromatic nitrogens is 2. The molecule has 566 valence electrons. The Morgan fingerprint density at radius 2 is 1.38 bits per heavy atom. The zero-order valence-electron chi connectivity index (χ0n) is 60.6. The SMILES string of the molecule is C/C1=C2N=C(/C=C3N=C(/C(C)=C4\[N-][C@@](C)([C@@H]5N=C1[C@](C)(CCC(=O)NC[C@@H](C)OP(=O)([O-])O[C@H]1[C@@H](O)[C@@H](n6cnc7cc(C)c(C)cc76)O[C@@H]1COC(=O)NCCCCCCN)[C@H]5CC(N)=O)[C@@](C)(CC(N)=O)[C@@H]4CCC(N)=O)[C@@](C)(CC(N)=O)[C@@H]\3CCC(N)=O)C(C)(C)[C@@H]/2CCC(N)=O.[C-]#N.[Co+3]. The molecule has 0 saturated carbocycles. The quantitative estimate of drug-likeness (QED) is 0.0264. The van der Waals surface area contributed by atoms with Gasteiger partial charge < -0.3 is 101 Å². The van der Waals surface area contributed by atoms with E-state index in [0.29, 0.717) is 75.9 Å². The summed E-state index contributed by atoms with van der Waals surface area (Å²) in [4.78, 5) is 142. The molecule has 2 fully saturated rings. The minimum Gasteiger partial charge on any atom is -0.756 e. The monoisotopic (exact) mass is 1500 g/mol. The molecule has 0 radical (unpaired) electrons. The second kappa shape index (κ2) is 34.0. The number of aliphatic hydroxyl groups is 1. The van der Waals surface area contributed by atoms with Crippen LogP contribution < -0.4 is 55.7 Å². The van der Waals surface area contributed by atoms with Gasteiger partial charge in [0.05, 0.1) is 23.5 Å². The Balaban J connectivity index is 0.00000550. The number of imidazole rings is 1. The van der Waals surface area contributed by atoms with E-state index in [-0.39, 0.29) is 87.4 Å². The number of aliphatic hydroxyl groups excluding tert-OH is 1. The number of ether oxygens (including phenoxy) is 2. The molecule has 1 unspecified atom stereocenters. The number of hydrogen-bond acceptors (Lipinski definition) is 21. The molecular weight excluding hydrogens is 1390 g/mol. The Kier molecular flexibility index (Phi) is 27.8. The van der Waals surface area contributed by atoms with Crippen LogP contribution in [0.15, 0.2) is 67.8 Å². The standard InChI is InChI=1S/C69H104N15O15P.CN.Co/c1-35-26-45-46(27-36(35)2)84(34-79-45)63-58(92)59(47(97-63)33-96-64(93)77-25-15-13-12-14-24-70)99-100(94,95)98-37(3)32-78-55(91)22-23-66(8)43(28-52(74)88)62-69(11)68(10,31-54(76)90)42(18-21-51(73)87)57(83-69)39(5)61-67(9,30-53(75)89)40(16-19-49(71)85)44(80-61)29-48-65(6,7)41(17-20-50(72)86)56(81-48)38(4)60(66)82-62;1-2;/h26-27,29,34,37,40-43,47,58-59,62-63,92H,12-25,28,30-33,70H2,1-11H3,(H16,71,72,73,74,75,76,77,78,80,81,82,83,85,86,87,88,89,90,91,93,94,95);;/q;-1;+3/p-2/t37-,40-,41-,42-,43+,47-,58-,59-,62-,63+,66-,67+,68+,69+;;/m1../s1. The molecule has 6 aliphatic heterocycles. The number of nitrogens with two attached hydrogens (primary N) is 7. The number of aliphatic imine (C=N–C) groups is 3. The van der Waals surface area contributed by atoms with Crippen LogP contribution in [0, 0.1) is 71.0 Å². The molecule has 0 spiro atoms. The Hall–Kier alpha value is -7.73. The van der Waals surface area contributed by atoms with Gasteiger partial charge in [0, 0.05) is 121 Å². The summed E-state index contributed by atoms with van der Waals surface area (Å²) in [6.07, 6.45) is -2.83. The van der Waals surface area contributed by atoms with Crippen molar-refractivity contribution in [3.05, 3.63) is 75.8 Å². The fraction of sp³-hybridized carbons (Fsp3) is 0.643. The van der Waals surface area contributed by atoms with Crippen LogP contribution in [0.2, 0.25) is 0 Å². The van der Waals surface area contributed by atoms with Crippen molar-refractivity contribution in [3.63, 3.8) is 0 Å². The molecule has 7 heterocycles. The largest absolute Gasteiger partial charge is 3.00 e. The second-order valence-corrected chi connectivity index (χ2v) is 30.9. The van der Waals surface area contributed by atoms with Gasteiger partial charge in [-0.3, -0.25) is 53.1 Å². The number of benzene rings is 1.